The van der Waals surface area contributed by atoms with E-state index in [-0.39, 0.29) is 35.9 Å². The minimum Gasteiger partial charge on any atom is -0.372 e. The molecule has 5 atom stereocenters. The van der Waals surface area contributed by atoms with Crippen LogP contribution in [-0.2, 0) is 24.2 Å². The van der Waals surface area contributed by atoms with Gasteiger partial charge in [0.2, 0.25) is 11.8 Å². The molecule has 9 heteroatoms. The molecule has 8 nitrogen and oxygen atoms in total. The lowest BCUT2D eigenvalue weighted by Crippen LogP contribution is -2.52. The van der Waals surface area contributed by atoms with E-state index in [4.69, 9.17) is 4.74 Å². The summed E-state index contributed by atoms with van der Waals surface area (Å²) >= 11 is 0. The molecule has 1 heterocycles. The number of morpholine rings is 1. The summed E-state index contributed by atoms with van der Waals surface area (Å²) < 4.78 is 32.3. The fourth-order valence-corrected chi connectivity index (χ4v) is 6.76. The number of rotatable bonds is 5. The van der Waals surface area contributed by atoms with Crippen LogP contribution < -0.4 is 5.32 Å². The Bertz CT molecular complexity index is 1020. The van der Waals surface area contributed by atoms with Gasteiger partial charge in [0.05, 0.1) is 40.3 Å². The van der Waals surface area contributed by atoms with Gasteiger partial charge < -0.3 is 15.0 Å². The van der Waals surface area contributed by atoms with Gasteiger partial charge in [0, 0.05) is 13.1 Å². The summed E-state index contributed by atoms with van der Waals surface area (Å²) in [4.78, 5) is 28.5. The molecule has 1 N–H and O–H groups in total. The van der Waals surface area contributed by atoms with E-state index in [1.165, 1.54) is 0 Å². The number of carbonyl (C=O) groups excluding carboxylic acids is 2. The van der Waals surface area contributed by atoms with Gasteiger partial charge >= 0.3 is 0 Å². The molecule has 0 unspecified atom stereocenters. The average Bonchev–Trinajstić information content (AvgIpc) is 3.38. The minimum atomic E-state index is -3.70. The van der Waals surface area contributed by atoms with Crippen molar-refractivity contribution in [3.05, 3.63) is 30.3 Å². The van der Waals surface area contributed by atoms with Crippen molar-refractivity contribution in [2.75, 3.05) is 13.1 Å². The third kappa shape index (κ3) is 4.39. The SMILES string of the molecule is C[C@@H]1CN(C(=O)[C@@H]2C[C@H](S(=O)(=O)c3ccccc3)C[C@H]2C(=O)NC2(C#N)CC2)C[C@H](C)O1. The minimum absolute atomic E-state index is 0.0659. The van der Waals surface area contributed by atoms with Crippen molar-refractivity contribution >= 4 is 21.7 Å². The first kappa shape index (κ1) is 22.7. The largest absolute Gasteiger partial charge is 0.372 e. The summed E-state index contributed by atoms with van der Waals surface area (Å²) in [6.07, 6.45) is 1.04. The Morgan fingerprint density at radius 1 is 1.09 bits per heavy atom. The molecule has 2 amide bonds. The molecule has 1 aromatic carbocycles. The van der Waals surface area contributed by atoms with Gasteiger partial charge in [0.25, 0.3) is 0 Å². The second-order valence-corrected chi connectivity index (χ2v) is 11.6. The Kier molecular flexibility index (Phi) is 6.03. The van der Waals surface area contributed by atoms with Crippen molar-refractivity contribution in [1.29, 1.82) is 5.26 Å². The summed E-state index contributed by atoms with van der Waals surface area (Å²) in [6.45, 7) is 4.60. The summed E-state index contributed by atoms with van der Waals surface area (Å²) in [6, 6.07) is 10.3. The van der Waals surface area contributed by atoms with E-state index in [1.807, 2.05) is 13.8 Å². The number of hydrogen-bond acceptors (Lipinski definition) is 6. The number of nitrogens with one attached hydrogen (secondary N) is 1. The van der Waals surface area contributed by atoms with Crippen LogP contribution in [0.5, 0.6) is 0 Å². The first-order chi connectivity index (χ1) is 15.1. The highest BCUT2D eigenvalue weighted by atomic mass is 32.2. The maximum atomic E-state index is 13.5. The molecule has 0 bridgehead atoms. The molecule has 1 saturated heterocycles. The number of hydrogen-bond donors (Lipinski definition) is 1. The van der Waals surface area contributed by atoms with Crippen LogP contribution in [0.2, 0.25) is 0 Å². The van der Waals surface area contributed by atoms with Gasteiger partial charge in [-0.2, -0.15) is 5.26 Å². The molecule has 0 radical (unpaired) electrons. The topological polar surface area (TPSA) is 117 Å². The lowest BCUT2D eigenvalue weighted by Gasteiger charge is -2.37. The Hall–Kier alpha value is -2.44. The van der Waals surface area contributed by atoms with Crippen LogP contribution >= 0.6 is 0 Å². The fraction of sp³-hybridized carbons (Fsp3) is 0.609. The standard InChI is InChI=1S/C23H29N3O5S/c1-15-12-26(13-16(2)31-15)22(28)20-11-18(32(29,30)17-6-4-3-5-7-17)10-19(20)21(27)25-23(14-24)8-9-23/h3-7,15-16,18-20H,8-13H2,1-2H3,(H,25,27)/t15-,16+,18-,19-,20-/m1/s1. The monoisotopic (exact) mass is 459 g/mol. The van der Waals surface area contributed by atoms with Crippen LogP contribution in [0.25, 0.3) is 0 Å². The van der Waals surface area contributed by atoms with Crippen LogP contribution in [0, 0.1) is 23.2 Å². The van der Waals surface area contributed by atoms with E-state index < -0.39 is 38.4 Å². The number of carbonyl (C=O) groups is 2. The Morgan fingerprint density at radius 2 is 1.69 bits per heavy atom. The molecule has 3 fully saturated rings. The predicted molar refractivity (Wildman–Crippen MR) is 116 cm³/mol. The van der Waals surface area contributed by atoms with Gasteiger partial charge in [-0.15, -0.1) is 0 Å². The van der Waals surface area contributed by atoms with Gasteiger partial charge in [-0.25, -0.2) is 8.42 Å². The van der Waals surface area contributed by atoms with Gasteiger partial charge in [0.1, 0.15) is 5.54 Å². The van der Waals surface area contributed by atoms with Crippen LogP contribution in [-0.4, -0.2) is 61.2 Å². The highest BCUT2D eigenvalue weighted by molar-refractivity contribution is 7.92. The zero-order chi connectivity index (χ0) is 23.1. The smallest absolute Gasteiger partial charge is 0.226 e. The second kappa shape index (κ2) is 8.49. The molecule has 2 aliphatic carbocycles. The van der Waals surface area contributed by atoms with E-state index in [0.29, 0.717) is 25.9 Å². The zero-order valence-corrected chi connectivity index (χ0v) is 19.2. The molecule has 3 aliphatic rings. The first-order valence-corrected chi connectivity index (χ1v) is 12.7. The van der Waals surface area contributed by atoms with E-state index in [2.05, 4.69) is 11.4 Å². The van der Waals surface area contributed by atoms with Crippen LogP contribution in [0.15, 0.2) is 35.2 Å². The number of benzene rings is 1. The Labute approximate surface area is 188 Å². The van der Waals surface area contributed by atoms with Crippen molar-refractivity contribution in [3.8, 4) is 6.07 Å². The Morgan fingerprint density at radius 3 is 2.25 bits per heavy atom. The molecule has 172 valence electrons. The van der Waals surface area contributed by atoms with Crippen molar-refractivity contribution in [2.45, 2.75) is 67.4 Å². The molecule has 2 saturated carbocycles. The molecule has 4 rings (SSSR count). The number of ether oxygens (including phenoxy) is 1. The van der Waals surface area contributed by atoms with Crippen molar-refractivity contribution in [2.24, 2.45) is 11.8 Å². The number of amides is 2. The van der Waals surface area contributed by atoms with Crippen molar-refractivity contribution in [3.63, 3.8) is 0 Å². The Balaban J connectivity index is 1.60. The third-order valence-electron chi connectivity index (χ3n) is 6.74. The number of sulfone groups is 1. The number of nitriles is 1. The quantitative estimate of drug-likeness (QED) is 0.716. The maximum Gasteiger partial charge on any atom is 0.226 e. The van der Waals surface area contributed by atoms with E-state index in [9.17, 15) is 23.3 Å². The fourth-order valence-electron chi connectivity index (χ4n) is 4.92. The highest BCUT2D eigenvalue weighted by Gasteiger charge is 2.52. The van der Waals surface area contributed by atoms with Gasteiger partial charge in [-0.1, -0.05) is 18.2 Å². The summed E-state index contributed by atoms with van der Waals surface area (Å²) in [5, 5.41) is 11.3. The molecule has 32 heavy (non-hydrogen) atoms. The lowest BCUT2D eigenvalue weighted by molar-refractivity contribution is -0.150. The van der Waals surface area contributed by atoms with Gasteiger partial charge in [-0.05, 0) is 51.7 Å². The van der Waals surface area contributed by atoms with Crippen LogP contribution in [0.1, 0.15) is 39.5 Å². The van der Waals surface area contributed by atoms with Crippen molar-refractivity contribution < 1.29 is 22.7 Å². The maximum absolute atomic E-state index is 13.5. The van der Waals surface area contributed by atoms with E-state index in [0.717, 1.165) is 0 Å². The highest BCUT2D eigenvalue weighted by Crippen LogP contribution is 2.42. The summed E-state index contributed by atoms with van der Waals surface area (Å²) in [7, 11) is -3.70. The summed E-state index contributed by atoms with van der Waals surface area (Å²) in [5.41, 5.74) is -0.872. The molecule has 1 aliphatic heterocycles. The lowest BCUT2D eigenvalue weighted by atomic mass is 9.92. The van der Waals surface area contributed by atoms with Crippen LogP contribution in [0.3, 0.4) is 0 Å². The van der Waals surface area contributed by atoms with Gasteiger partial charge in [-0.3, -0.25) is 9.59 Å². The number of nitrogens with zero attached hydrogens (tertiary/aromatic N) is 2. The van der Waals surface area contributed by atoms with Crippen molar-refractivity contribution in [1.82, 2.24) is 10.2 Å². The average molecular weight is 460 g/mol. The predicted octanol–water partition coefficient (Wildman–Crippen LogP) is 1.66. The molecular formula is C23H29N3O5S. The van der Waals surface area contributed by atoms with Crippen LogP contribution in [0.4, 0.5) is 0 Å². The third-order valence-corrected chi connectivity index (χ3v) is 8.93. The molecule has 0 spiro atoms. The van der Waals surface area contributed by atoms with Gasteiger partial charge in [0.15, 0.2) is 9.84 Å². The van der Waals surface area contributed by atoms with E-state index in [1.54, 1.807) is 35.2 Å². The molecule has 1 aromatic rings. The molecule has 0 aromatic heterocycles. The second-order valence-electron chi connectivity index (χ2n) is 9.35. The molecular weight excluding hydrogens is 430 g/mol. The van der Waals surface area contributed by atoms with E-state index >= 15 is 0 Å². The summed E-state index contributed by atoms with van der Waals surface area (Å²) in [5.74, 6) is -2.14. The first-order valence-electron chi connectivity index (χ1n) is 11.1. The zero-order valence-electron chi connectivity index (χ0n) is 18.4. The normalized spacial score (nSPS) is 31.5.